The van der Waals surface area contributed by atoms with E-state index in [-0.39, 0.29) is 18.9 Å². The molecule has 0 spiro atoms. The topological polar surface area (TPSA) is 59.1 Å². The number of ether oxygens (including phenoxy) is 1. The molecule has 0 N–H and O–H groups in total. The minimum atomic E-state index is -0.686. The summed E-state index contributed by atoms with van der Waals surface area (Å²) in [6, 6.07) is 5.70. The second-order valence-corrected chi connectivity index (χ2v) is 6.04. The van der Waals surface area contributed by atoms with Crippen LogP contribution in [0, 0.1) is 5.82 Å². The molecule has 0 radical (unpaired) electrons. The van der Waals surface area contributed by atoms with Crippen molar-refractivity contribution >= 4 is 12.0 Å². The minimum Gasteiger partial charge on any atom is -0.444 e. The summed E-state index contributed by atoms with van der Waals surface area (Å²) < 4.78 is 18.3. The number of likely N-dealkylation sites (N-methyl/N-ethyl adjacent to an activating group) is 1. The number of hydrogen-bond acceptors (Lipinski definition) is 4. The van der Waals surface area contributed by atoms with E-state index in [1.165, 1.54) is 31.2 Å². The fourth-order valence-electron chi connectivity index (χ4n) is 1.69. The van der Waals surface area contributed by atoms with E-state index in [4.69, 9.17) is 9.57 Å². The van der Waals surface area contributed by atoms with Crippen LogP contribution in [0.25, 0.3) is 0 Å². The zero-order valence-electron chi connectivity index (χ0n) is 14.1. The molecule has 0 saturated heterocycles. The van der Waals surface area contributed by atoms with Gasteiger partial charge >= 0.3 is 6.09 Å². The van der Waals surface area contributed by atoms with Crippen molar-refractivity contribution in [3.63, 3.8) is 0 Å². The summed E-state index contributed by atoms with van der Waals surface area (Å²) in [5, 5.41) is 1.03. The van der Waals surface area contributed by atoms with Crippen molar-refractivity contribution in [2.75, 3.05) is 20.7 Å². The molecular formula is C16H23FN2O4. The first-order valence-electron chi connectivity index (χ1n) is 7.15. The van der Waals surface area contributed by atoms with Crippen molar-refractivity contribution in [1.82, 2.24) is 9.96 Å². The Morgan fingerprint density at radius 1 is 1.17 bits per heavy atom. The zero-order valence-corrected chi connectivity index (χ0v) is 14.1. The van der Waals surface area contributed by atoms with Gasteiger partial charge in [-0.05, 0) is 38.5 Å². The first-order valence-corrected chi connectivity index (χ1v) is 7.15. The molecule has 7 heteroatoms. The number of rotatable bonds is 5. The molecule has 0 heterocycles. The lowest BCUT2D eigenvalue weighted by atomic mass is 10.2. The molecule has 0 unspecified atom stereocenters. The van der Waals surface area contributed by atoms with Gasteiger partial charge in [0.25, 0.3) is 5.91 Å². The maximum Gasteiger partial charge on any atom is 0.411 e. The van der Waals surface area contributed by atoms with Crippen LogP contribution in [0.4, 0.5) is 9.18 Å². The fourth-order valence-corrected chi connectivity index (χ4v) is 1.69. The van der Waals surface area contributed by atoms with Gasteiger partial charge in [0.2, 0.25) is 0 Å². The molecule has 23 heavy (non-hydrogen) atoms. The number of hydrogen-bond donors (Lipinski definition) is 0. The maximum absolute atomic E-state index is 13.0. The second-order valence-electron chi connectivity index (χ2n) is 6.04. The molecule has 0 atom stereocenters. The molecule has 128 valence electrons. The van der Waals surface area contributed by atoms with Crippen molar-refractivity contribution in [3.05, 3.63) is 35.6 Å². The van der Waals surface area contributed by atoms with Crippen LogP contribution in [-0.2, 0) is 20.9 Å². The third kappa shape index (κ3) is 6.65. The molecule has 0 aliphatic carbocycles. The fraction of sp³-hybridized carbons (Fsp3) is 0.500. The number of benzene rings is 1. The van der Waals surface area contributed by atoms with Gasteiger partial charge in [-0.3, -0.25) is 14.5 Å². The molecule has 1 aromatic rings. The first kappa shape index (κ1) is 18.9. The quantitative estimate of drug-likeness (QED) is 0.780. The van der Waals surface area contributed by atoms with Gasteiger partial charge in [-0.2, -0.15) is 0 Å². The average molecular weight is 326 g/mol. The number of nitrogens with zero attached hydrogens (tertiary/aromatic N) is 2. The van der Waals surface area contributed by atoms with Crippen molar-refractivity contribution in [2.24, 2.45) is 0 Å². The van der Waals surface area contributed by atoms with E-state index >= 15 is 0 Å². The summed E-state index contributed by atoms with van der Waals surface area (Å²) in [5.41, 5.74) is -0.000871. The van der Waals surface area contributed by atoms with E-state index in [1.807, 2.05) is 0 Å². The SMILES string of the molecule is CON(C)C(=O)CN(Cc1ccc(F)cc1)C(=O)OC(C)(C)C. The van der Waals surface area contributed by atoms with Crippen LogP contribution >= 0.6 is 0 Å². The van der Waals surface area contributed by atoms with Crippen LogP contribution in [-0.4, -0.2) is 48.3 Å². The highest BCUT2D eigenvalue weighted by atomic mass is 19.1. The second kappa shape index (κ2) is 7.92. The van der Waals surface area contributed by atoms with Gasteiger partial charge in [-0.15, -0.1) is 0 Å². The Morgan fingerprint density at radius 2 is 1.74 bits per heavy atom. The van der Waals surface area contributed by atoms with Gasteiger partial charge in [-0.1, -0.05) is 12.1 Å². The summed E-state index contributed by atoms with van der Waals surface area (Å²) in [4.78, 5) is 30.3. The monoisotopic (exact) mass is 326 g/mol. The van der Waals surface area contributed by atoms with E-state index < -0.39 is 17.6 Å². The molecule has 1 aromatic carbocycles. The molecule has 0 saturated carbocycles. The van der Waals surface area contributed by atoms with Crippen LogP contribution in [0.2, 0.25) is 0 Å². The van der Waals surface area contributed by atoms with Crippen molar-refractivity contribution in [3.8, 4) is 0 Å². The van der Waals surface area contributed by atoms with E-state index in [1.54, 1.807) is 32.9 Å². The standard InChI is InChI=1S/C16H23FN2O4/c1-16(2,3)23-15(21)19(11-14(20)18(4)22-5)10-12-6-8-13(17)9-7-12/h6-9H,10-11H2,1-5H3. The molecule has 0 aliphatic heterocycles. The lowest BCUT2D eigenvalue weighted by Gasteiger charge is -2.28. The Labute approximate surface area is 135 Å². The Balaban J connectivity index is 2.89. The van der Waals surface area contributed by atoms with Crippen molar-refractivity contribution < 1.29 is 23.6 Å². The third-order valence-corrected chi connectivity index (χ3v) is 2.89. The molecule has 1 rings (SSSR count). The van der Waals surface area contributed by atoms with Gasteiger partial charge in [0.05, 0.1) is 7.11 Å². The van der Waals surface area contributed by atoms with Crippen LogP contribution < -0.4 is 0 Å². The van der Waals surface area contributed by atoms with Gasteiger partial charge < -0.3 is 4.74 Å². The summed E-state index contributed by atoms with van der Waals surface area (Å²) >= 11 is 0. The summed E-state index contributed by atoms with van der Waals surface area (Å²) in [7, 11) is 2.81. The number of halogens is 1. The summed E-state index contributed by atoms with van der Waals surface area (Å²) in [6.07, 6.45) is -0.625. The lowest BCUT2D eigenvalue weighted by molar-refractivity contribution is -0.169. The number of hydroxylamine groups is 2. The number of carbonyl (C=O) groups excluding carboxylic acids is 2. The van der Waals surface area contributed by atoms with Gasteiger partial charge in [0.15, 0.2) is 0 Å². The zero-order chi connectivity index (χ0) is 17.6. The Bertz CT molecular complexity index is 540. The van der Waals surface area contributed by atoms with Gasteiger partial charge in [0, 0.05) is 13.6 Å². The Kier molecular flexibility index (Phi) is 6.50. The number of amides is 2. The average Bonchev–Trinajstić information content (AvgIpc) is 2.46. The molecule has 0 aromatic heterocycles. The smallest absolute Gasteiger partial charge is 0.411 e. The third-order valence-electron chi connectivity index (χ3n) is 2.89. The Morgan fingerprint density at radius 3 is 2.22 bits per heavy atom. The summed E-state index contributed by atoms with van der Waals surface area (Å²) in [6.45, 7) is 5.13. The lowest BCUT2D eigenvalue weighted by Crippen LogP contribution is -2.43. The van der Waals surface area contributed by atoms with Crippen LogP contribution in [0.1, 0.15) is 26.3 Å². The van der Waals surface area contributed by atoms with Crippen LogP contribution in [0.3, 0.4) is 0 Å². The van der Waals surface area contributed by atoms with Crippen molar-refractivity contribution in [2.45, 2.75) is 32.9 Å². The molecule has 0 bridgehead atoms. The minimum absolute atomic E-state index is 0.123. The van der Waals surface area contributed by atoms with Gasteiger partial charge in [-0.25, -0.2) is 14.2 Å². The van der Waals surface area contributed by atoms with E-state index in [0.29, 0.717) is 5.56 Å². The van der Waals surface area contributed by atoms with E-state index in [2.05, 4.69) is 0 Å². The molecular weight excluding hydrogens is 303 g/mol. The van der Waals surface area contributed by atoms with Crippen LogP contribution in [0.15, 0.2) is 24.3 Å². The van der Waals surface area contributed by atoms with E-state index in [0.717, 1.165) is 5.06 Å². The Hall–Kier alpha value is -2.15. The van der Waals surface area contributed by atoms with Gasteiger partial charge in [0.1, 0.15) is 18.0 Å². The normalized spacial score (nSPS) is 11.0. The molecule has 0 fully saturated rings. The highest BCUT2D eigenvalue weighted by molar-refractivity contribution is 5.81. The first-order chi connectivity index (χ1) is 10.6. The summed E-state index contributed by atoms with van der Waals surface area (Å²) in [5.74, 6) is -0.770. The predicted octanol–water partition coefficient (Wildman–Crippen LogP) is 2.58. The highest BCUT2D eigenvalue weighted by Crippen LogP contribution is 2.13. The largest absolute Gasteiger partial charge is 0.444 e. The maximum atomic E-state index is 13.0. The molecule has 0 aliphatic rings. The molecule has 6 nitrogen and oxygen atoms in total. The van der Waals surface area contributed by atoms with E-state index in [9.17, 15) is 14.0 Å². The number of carbonyl (C=O) groups is 2. The molecule has 2 amide bonds. The predicted molar refractivity (Wildman–Crippen MR) is 82.8 cm³/mol. The van der Waals surface area contributed by atoms with Crippen LogP contribution in [0.5, 0.6) is 0 Å². The van der Waals surface area contributed by atoms with Crippen molar-refractivity contribution in [1.29, 1.82) is 0 Å². The highest BCUT2D eigenvalue weighted by Gasteiger charge is 2.25.